The minimum Gasteiger partial charge on any atom is -0.378 e. The van der Waals surface area contributed by atoms with Gasteiger partial charge in [-0.2, -0.15) is 5.26 Å². The van der Waals surface area contributed by atoms with E-state index < -0.39 is 0 Å². The normalized spacial score (nSPS) is 40.0. The van der Waals surface area contributed by atoms with Crippen LogP contribution in [0.1, 0.15) is 39.5 Å². The fraction of sp³-hybridized carbons (Fsp3) is 0.818. The Morgan fingerprint density at radius 2 is 2.17 bits per heavy atom. The SMILES string of the molecule is COC1NC(N[C@@H](C)C2=CC3CC(C)C(OCC4CC4)CC3NC2=O)NCC1C#N. The summed E-state index contributed by atoms with van der Waals surface area (Å²) in [5.74, 6) is 1.35. The first-order valence-corrected chi connectivity index (χ1v) is 11.3. The van der Waals surface area contributed by atoms with Gasteiger partial charge in [0.05, 0.1) is 18.1 Å². The zero-order chi connectivity index (χ0) is 21.3. The highest BCUT2D eigenvalue weighted by Gasteiger charge is 2.40. The lowest BCUT2D eigenvalue weighted by atomic mass is 9.74. The standard InChI is InChI=1S/C22H35N5O3/c1-12-6-15-7-17(13(2)25-22-24-10-16(9-23)21(27-22)29-3)20(28)26-18(15)8-19(12)30-11-14-4-5-14/h7,12-16,18-19,21-22,24-25,27H,4-6,8,10-11H2,1-3H3,(H,26,28)/t12?,13-,15?,16?,18?,19?,21?,22?/m0/s1. The largest absolute Gasteiger partial charge is 0.378 e. The van der Waals surface area contributed by atoms with Crippen molar-refractivity contribution in [2.24, 2.45) is 23.7 Å². The number of fused-ring (bicyclic) bond motifs is 1. The van der Waals surface area contributed by atoms with Crippen LogP contribution in [-0.2, 0) is 14.3 Å². The lowest BCUT2D eigenvalue weighted by Crippen LogP contribution is -2.66. The predicted molar refractivity (Wildman–Crippen MR) is 112 cm³/mol. The number of nitrogens with zero attached hydrogens (tertiary/aromatic N) is 1. The van der Waals surface area contributed by atoms with Gasteiger partial charge in [-0.3, -0.25) is 20.7 Å². The zero-order valence-corrected chi connectivity index (χ0v) is 18.2. The number of hydrogen-bond donors (Lipinski definition) is 4. The molecule has 4 aliphatic rings. The molecule has 2 aliphatic carbocycles. The highest BCUT2D eigenvalue weighted by Crippen LogP contribution is 2.37. The Morgan fingerprint density at radius 3 is 2.87 bits per heavy atom. The van der Waals surface area contributed by atoms with E-state index >= 15 is 0 Å². The van der Waals surface area contributed by atoms with Crippen LogP contribution in [0.15, 0.2) is 11.6 Å². The number of amides is 1. The van der Waals surface area contributed by atoms with Crippen LogP contribution in [0.5, 0.6) is 0 Å². The summed E-state index contributed by atoms with van der Waals surface area (Å²) in [4.78, 5) is 12.8. The highest BCUT2D eigenvalue weighted by atomic mass is 16.5. The summed E-state index contributed by atoms with van der Waals surface area (Å²) in [5.41, 5.74) is 0.778. The van der Waals surface area contributed by atoms with E-state index in [4.69, 9.17) is 9.47 Å². The second-order valence-electron chi connectivity index (χ2n) is 9.42. The van der Waals surface area contributed by atoms with Crippen molar-refractivity contribution < 1.29 is 14.3 Å². The van der Waals surface area contributed by atoms with Gasteiger partial charge in [0.25, 0.3) is 0 Å². The first-order chi connectivity index (χ1) is 14.5. The lowest BCUT2D eigenvalue weighted by molar-refractivity contribution is -0.120. The molecule has 2 heterocycles. The van der Waals surface area contributed by atoms with Crippen LogP contribution in [0, 0.1) is 35.0 Å². The lowest BCUT2D eigenvalue weighted by Gasteiger charge is -2.43. The Hall–Kier alpha value is -1.50. The Labute approximate surface area is 179 Å². The molecule has 2 saturated carbocycles. The number of rotatable bonds is 7. The number of carbonyl (C=O) groups is 1. The Balaban J connectivity index is 1.35. The number of nitrogens with one attached hydrogen (secondary N) is 4. The van der Waals surface area contributed by atoms with Crippen LogP contribution in [0.4, 0.5) is 0 Å². The van der Waals surface area contributed by atoms with Gasteiger partial charge in [-0.25, -0.2) is 0 Å². The number of hydrogen-bond acceptors (Lipinski definition) is 7. The summed E-state index contributed by atoms with van der Waals surface area (Å²) >= 11 is 0. The summed E-state index contributed by atoms with van der Waals surface area (Å²) < 4.78 is 11.6. The van der Waals surface area contributed by atoms with Crippen LogP contribution < -0.4 is 21.3 Å². The van der Waals surface area contributed by atoms with Gasteiger partial charge in [0.2, 0.25) is 5.91 Å². The Morgan fingerprint density at radius 1 is 1.37 bits per heavy atom. The van der Waals surface area contributed by atoms with Crippen LogP contribution in [0.25, 0.3) is 0 Å². The average Bonchev–Trinajstić information content (AvgIpc) is 3.56. The Kier molecular flexibility index (Phi) is 6.75. The molecule has 0 aromatic heterocycles. The minimum absolute atomic E-state index is 0.000693. The molecule has 2 aliphatic heterocycles. The smallest absolute Gasteiger partial charge is 0.248 e. The summed E-state index contributed by atoms with van der Waals surface area (Å²) in [6, 6.07) is 2.27. The van der Waals surface area contributed by atoms with E-state index in [2.05, 4.69) is 40.3 Å². The summed E-state index contributed by atoms with van der Waals surface area (Å²) in [7, 11) is 1.59. The van der Waals surface area contributed by atoms with Crippen molar-refractivity contribution in [2.75, 3.05) is 20.3 Å². The van der Waals surface area contributed by atoms with E-state index in [-0.39, 0.29) is 42.5 Å². The molecule has 30 heavy (non-hydrogen) atoms. The van der Waals surface area contributed by atoms with Crippen molar-refractivity contribution in [1.82, 2.24) is 21.3 Å². The molecular formula is C22H35N5O3. The quantitative estimate of drug-likeness (QED) is 0.486. The van der Waals surface area contributed by atoms with Crippen LogP contribution in [-0.4, -0.2) is 56.9 Å². The average molecular weight is 418 g/mol. The fourth-order valence-corrected chi connectivity index (χ4v) is 4.91. The predicted octanol–water partition coefficient (Wildman–Crippen LogP) is 0.819. The molecule has 8 atom stereocenters. The molecule has 4 N–H and O–H groups in total. The van der Waals surface area contributed by atoms with Crippen LogP contribution >= 0.6 is 0 Å². The van der Waals surface area contributed by atoms with E-state index in [0.717, 1.165) is 30.9 Å². The van der Waals surface area contributed by atoms with Gasteiger partial charge in [-0.1, -0.05) is 13.0 Å². The van der Waals surface area contributed by atoms with Gasteiger partial charge in [0, 0.05) is 37.9 Å². The molecule has 0 bridgehead atoms. The van der Waals surface area contributed by atoms with Crippen molar-refractivity contribution in [2.45, 2.75) is 70.2 Å². The molecule has 1 saturated heterocycles. The van der Waals surface area contributed by atoms with Crippen molar-refractivity contribution in [3.63, 3.8) is 0 Å². The molecule has 3 fully saturated rings. The molecule has 1 amide bonds. The molecule has 8 heteroatoms. The maximum atomic E-state index is 12.8. The van der Waals surface area contributed by atoms with Gasteiger partial charge in [0.15, 0.2) is 0 Å². The molecule has 0 aromatic rings. The molecule has 166 valence electrons. The molecule has 7 unspecified atom stereocenters. The third-order valence-electron chi connectivity index (χ3n) is 7.04. The second kappa shape index (κ2) is 9.33. The molecule has 4 rings (SSSR count). The van der Waals surface area contributed by atoms with E-state index in [0.29, 0.717) is 18.4 Å². The molecule has 0 spiro atoms. The second-order valence-corrected chi connectivity index (χ2v) is 9.42. The third-order valence-corrected chi connectivity index (χ3v) is 7.04. The van der Waals surface area contributed by atoms with Gasteiger partial charge in [0.1, 0.15) is 12.5 Å². The number of carbonyl (C=O) groups excluding carboxylic acids is 1. The summed E-state index contributed by atoms with van der Waals surface area (Å²) in [6.07, 6.45) is 6.37. The summed E-state index contributed by atoms with van der Waals surface area (Å²) in [5, 5.41) is 22.4. The topological polar surface area (TPSA) is 107 Å². The minimum atomic E-state index is -0.341. The maximum Gasteiger partial charge on any atom is 0.248 e. The van der Waals surface area contributed by atoms with Crippen molar-refractivity contribution in [3.05, 3.63) is 11.6 Å². The molecule has 8 nitrogen and oxygen atoms in total. The first-order valence-electron chi connectivity index (χ1n) is 11.3. The third kappa shape index (κ3) is 4.87. The van der Waals surface area contributed by atoms with E-state index in [1.807, 2.05) is 6.92 Å². The zero-order valence-electron chi connectivity index (χ0n) is 18.2. The van der Waals surface area contributed by atoms with Crippen LogP contribution in [0.2, 0.25) is 0 Å². The summed E-state index contributed by atoms with van der Waals surface area (Å²) in [6.45, 7) is 5.67. The van der Waals surface area contributed by atoms with Gasteiger partial charge >= 0.3 is 0 Å². The number of ether oxygens (including phenoxy) is 2. The van der Waals surface area contributed by atoms with E-state index in [1.54, 1.807) is 7.11 Å². The first kappa shape index (κ1) is 21.7. The van der Waals surface area contributed by atoms with Crippen molar-refractivity contribution in [3.8, 4) is 6.07 Å². The van der Waals surface area contributed by atoms with Gasteiger partial charge in [-0.15, -0.1) is 0 Å². The van der Waals surface area contributed by atoms with Crippen molar-refractivity contribution in [1.29, 1.82) is 5.26 Å². The van der Waals surface area contributed by atoms with Gasteiger partial charge in [-0.05, 0) is 50.4 Å². The number of methoxy groups -OCH3 is 1. The molecule has 0 radical (unpaired) electrons. The highest BCUT2D eigenvalue weighted by molar-refractivity contribution is 5.95. The van der Waals surface area contributed by atoms with Gasteiger partial charge < -0.3 is 14.8 Å². The monoisotopic (exact) mass is 417 g/mol. The maximum absolute atomic E-state index is 12.8. The van der Waals surface area contributed by atoms with Crippen molar-refractivity contribution >= 4 is 5.91 Å². The van der Waals surface area contributed by atoms with E-state index in [1.165, 1.54) is 12.8 Å². The van der Waals surface area contributed by atoms with E-state index in [9.17, 15) is 10.1 Å². The van der Waals surface area contributed by atoms with Crippen LogP contribution in [0.3, 0.4) is 0 Å². The molecular weight excluding hydrogens is 382 g/mol. The number of nitriles is 1. The fourth-order valence-electron chi connectivity index (χ4n) is 4.91. The molecule has 0 aromatic carbocycles. The Bertz CT molecular complexity index is 703.